The summed E-state index contributed by atoms with van der Waals surface area (Å²) in [4.78, 5) is 14.5. The second-order valence-corrected chi connectivity index (χ2v) is 3.17. The van der Waals surface area contributed by atoms with Crippen molar-refractivity contribution in [2.24, 2.45) is 0 Å². The largest absolute Gasteiger partial charge is 0.481 e. The van der Waals surface area contributed by atoms with Gasteiger partial charge in [0.25, 0.3) is 0 Å². The van der Waals surface area contributed by atoms with Crippen LogP contribution in [0.25, 0.3) is 5.69 Å². The third kappa shape index (κ3) is 2.22. The second-order valence-electron chi connectivity index (χ2n) is 3.17. The van der Waals surface area contributed by atoms with Crippen LogP contribution in [0.4, 0.5) is 0 Å². The van der Waals surface area contributed by atoms with Crippen LogP contribution in [0.15, 0.2) is 42.9 Å². The second kappa shape index (κ2) is 3.96. The van der Waals surface area contributed by atoms with E-state index in [1.54, 1.807) is 12.3 Å². The first kappa shape index (κ1) is 9.45. The molecular formula is C11H10N2O2. The predicted molar refractivity (Wildman–Crippen MR) is 54.9 cm³/mol. The molecular weight excluding hydrogens is 192 g/mol. The number of hydrogen-bond donors (Lipinski definition) is 1. The summed E-state index contributed by atoms with van der Waals surface area (Å²) < 4.78 is 1.91. The Kier molecular flexibility index (Phi) is 2.49. The van der Waals surface area contributed by atoms with Gasteiger partial charge < -0.3 is 9.67 Å². The number of aromatic nitrogens is 2. The Bertz CT molecular complexity index is 463. The van der Waals surface area contributed by atoms with Crippen LogP contribution < -0.4 is 0 Å². The van der Waals surface area contributed by atoms with Gasteiger partial charge in [0, 0.05) is 24.3 Å². The molecule has 4 heteroatoms. The van der Waals surface area contributed by atoms with Crippen molar-refractivity contribution < 1.29 is 9.90 Å². The van der Waals surface area contributed by atoms with Crippen LogP contribution >= 0.6 is 0 Å². The number of rotatable bonds is 3. The molecule has 0 fully saturated rings. The van der Waals surface area contributed by atoms with Crippen molar-refractivity contribution in [1.29, 1.82) is 0 Å². The Balaban J connectivity index is 2.31. The van der Waals surface area contributed by atoms with Gasteiger partial charge in [0.1, 0.15) is 0 Å². The smallest absolute Gasteiger partial charge is 0.309 e. The molecule has 76 valence electrons. The van der Waals surface area contributed by atoms with Gasteiger partial charge in [-0.25, -0.2) is 0 Å². The van der Waals surface area contributed by atoms with Gasteiger partial charge in [0.2, 0.25) is 0 Å². The molecule has 2 heterocycles. The van der Waals surface area contributed by atoms with Crippen LogP contribution in [0.2, 0.25) is 0 Å². The Hall–Kier alpha value is -2.10. The molecule has 0 saturated carbocycles. The fraction of sp³-hybridized carbons (Fsp3) is 0.0909. The van der Waals surface area contributed by atoms with Crippen molar-refractivity contribution in [3.05, 3.63) is 48.5 Å². The van der Waals surface area contributed by atoms with E-state index in [2.05, 4.69) is 4.98 Å². The summed E-state index contributed by atoms with van der Waals surface area (Å²) in [7, 11) is 0. The third-order valence-electron chi connectivity index (χ3n) is 2.04. The molecule has 2 aromatic rings. The molecule has 4 nitrogen and oxygen atoms in total. The quantitative estimate of drug-likeness (QED) is 0.820. The zero-order chi connectivity index (χ0) is 10.7. The van der Waals surface area contributed by atoms with Gasteiger partial charge in [-0.3, -0.25) is 9.78 Å². The summed E-state index contributed by atoms with van der Waals surface area (Å²) in [6.45, 7) is 0. The number of nitrogens with zero attached hydrogens (tertiary/aromatic N) is 2. The minimum Gasteiger partial charge on any atom is -0.481 e. The highest BCUT2D eigenvalue weighted by Gasteiger charge is 2.03. The molecule has 0 aliphatic heterocycles. The lowest BCUT2D eigenvalue weighted by atomic mass is 10.2. The van der Waals surface area contributed by atoms with Crippen molar-refractivity contribution in [1.82, 2.24) is 9.55 Å². The van der Waals surface area contributed by atoms with E-state index in [1.165, 1.54) is 0 Å². The SMILES string of the molecule is O=C(O)Cc1cc(-n2cccc2)ccn1. The van der Waals surface area contributed by atoms with Gasteiger partial charge in [-0.2, -0.15) is 0 Å². The lowest BCUT2D eigenvalue weighted by Crippen LogP contribution is -2.03. The lowest BCUT2D eigenvalue weighted by Gasteiger charge is -2.03. The fourth-order valence-corrected chi connectivity index (χ4v) is 1.38. The Morgan fingerprint density at radius 3 is 2.80 bits per heavy atom. The molecule has 0 aliphatic carbocycles. The molecule has 0 atom stereocenters. The zero-order valence-electron chi connectivity index (χ0n) is 8.00. The summed E-state index contributed by atoms with van der Waals surface area (Å²) in [5, 5.41) is 8.64. The Morgan fingerprint density at radius 1 is 1.40 bits per heavy atom. The molecule has 15 heavy (non-hydrogen) atoms. The standard InChI is InChI=1S/C11H10N2O2/c14-11(15)8-9-7-10(3-4-12-9)13-5-1-2-6-13/h1-7H,8H2,(H,14,15). The first-order valence-electron chi connectivity index (χ1n) is 4.56. The maximum atomic E-state index is 10.5. The maximum absolute atomic E-state index is 10.5. The predicted octanol–water partition coefficient (Wildman–Crippen LogP) is 1.50. The topological polar surface area (TPSA) is 55.1 Å². The molecule has 0 aromatic carbocycles. The number of aliphatic carboxylic acids is 1. The Labute approximate surface area is 86.8 Å². The monoisotopic (exact) mass is 202 g/mol. The van der Waals surface area contributed by atoms with E-state index in [1.807, 2.05) is 35.2 Å². The number of carboxylic acids is 1. The molecule has 2 aromatic heterocycles. The first-order chi connectivity index (χ1) is 7.25. The molecule has 0 saturated heterocycles. The number of hydrogen-bond acceptors (Lipinski definition) is 2. The van der Waals surface area contributed by atoms with Crippen LogP contribution in [0.1, 0.15) is 5.69 Å². The molecule has 0 radical (unpaired) electrons. The van der Waals surface area contributed by atoms with Crippen LogP contribution in [0.3, 0.4) is 0 Å². The van der Waals surface area contributed by atoms with E-state index in [4.69, 9.17) is 5.11 Å². The summed E-state index contributed by atoms with van der Waals surface area (Å²) >= 11 is 0. The van der Waals surface area contributed by atoms with E-state index in [0.29, 0.717) is 5.69 Å². The van der Waals surface area contributed by atoms with Gasteiger partial charge in [-0.1, -0.05) is 0 Å². The van der Waals surface area contributed by atoms with Gasteiger partial charge >= 0.3 is 5.97 Å². The highest BCUT2D eigenvalue weighted by atomic mass is 16.4. The highest BCUT2D eigenvalue weighted by Crippen LogP contribution is 2.08. The van der Waals surface area contributed by atoms with Gasteiger partial charge in [0.05, 0.1) is 12.1 Å². The van der Waals surface area contributed by atoms with E-state index in [0.717, 1.165) is 5.69 Å². The van der Waals surface area contributed by atoms with Crippen molar-refractivity contribution >= 4 is 5.97 Å². The Morgan fingerprint density at radius 2 is 2.13 bits per heavy atom. The summed E-state index contributed by atoms with van der Waals surface area (Å²) in [5.74, 6) is -0.868. The average Bonchev–Trinajstić information content (AvgIpc) is 2.69. The van der Waals surface area contributed by atoms with E-state index in [9.17, 15) is 4.79 Å². The summed E-state index contributed by atoms with van der Waals surface area (Å²) in [5.41, 5.74) is 1.49. The van der Waals surface area contributed by atoms with Crippen molar-refractivity contribution in [3.8, 4) is 5.69 Å². The molecule has 2 rings (SSSR count). The minimum atomic E-state index is -0.868. The third-order valence-corrected chi connectivity index (χ3v) is 2.04. The molecule has 0 aliphatic rings. The molecule has 0 unspecified atom stereocenters. The molecule has 0 bridgehead atoms. The van der Waals surface area contributed by atoms with Gasteiger partial charge in [-0.15, -0.1) is 0 Å². The van der Waals surface area contributed by atoms with Crippen molar-refractivity contribution in [2.75, 3.05) is 0 Å². The van der Waals surface area contributed by atoms with Crippen LogP contribution in [-0.4, -0.2) is 20.6 Å². The van der Waals surface area contributed by atoms with Crippen molar-refractivity contribution in [2.45, 2.75) is 6.42 Å². The average molecular weight is 202 g/mol. The first-order valence-corrected chi connectivity index (χ1v) is 4.56. The molecule has 1 N–H and O–H groups in total. The van der Waals surface area contributed by atoms with Crippen LogP contribution in [0.5, 0.6) is 0 Å². The van der Waals surface area contributed by atoms with E-state index < -0.39 is 5.97 Å². The van der Waals surface area contributed by atoms with Gasteiger partial charge in [-0.05, 0) is 24.3 Å². The fourth-order valence-electron chi connectivity index (χ4n) is 1.38. The summed E-state index contributed by atoms with van der Waals surface area (Å²) in [6.07, 6.45) is 5.38. The van der Waals surface area contributed by atoms with Crippen molar-refractivity contribution in [3.63, 3.8) is 0 Å². The molecule has 0 spiro atoms. The summed E-state index contributed by atoms with van der Waals surface area (Å²) in [6, 6.07) is 7.44. The van der Waals surface area contributed by atoms with E-state index >= 15 is 0 Å². The molecule has 0 amide bonds. The number of carbonyl (C=O) groups is 1. The zero-order valence-corrected chi connectivity index (χ0v) is 8.00. The van der Waals surface area contributed by atoms with E-state index in [-0.39, 0.29) is 6.42 Å². The number of carboxylic acid groups (broad SMARTS) is 1. The minimum absolute atomic E-state index is 0.0465. The number of pyridine rings is 1. The van der Waals surface area contributed by atoms with Crippen LogP contribution in [0, 0.1) is 0 Å². The highest BCUT2D eigenvalue weighted by molar-refractivity contribution is 5.69. The lowest BCUT2D eigenvalue weighted by molar-refractivity contribution is -0.136. The van der Waals surface area contributed by atoms with Gasteiger partial charge in [0.15, 0.2) is 0 Å². The van der Waals surface area contributed by atoms with Crippen LogP contribution in [-0.2, 0) is 11.2 Å². The normalized spacial score (nSPS) is 10.1. The maximum Gasteiger partial charge on any atom is 0.309 e.